The van der Waals surface area contributed by atoms with E-state index in [0.29, 0.717) is 24.7 Å². The van der Waals surface area contributed by atoms with Gasteiger partial charge >= 0.3 is 12.0 Å². The molecular weight excluding hydrogens is 268 g/mol. The Morgan fingerprint density at radius 2 is 1.76 bits per heavy atom. The molecule has 0 aromatic carbocycles. The lowest BCUT2D eigenvalue weighted by molar-refractivity contribution is -0.146. The molecule has 1 saturated carbocycles. The molecule has 0 saturated heterocycles. The summed E-state index contributed by atoms with van der Waals surface area (Å²) in [6.07, 6.45) is 4.70. The van der Waals surface area contributed by atoms with Crippen LogP contribution in [-0.4, -0.2) is 28.7 Å². The summed E-state index contributed by atoms with van der Waals surface area (Å²) in [5.41, 5.74) is -1.09. The highest BCUT2D eigenvalue weighted by atomic mass is 16.4. The number of nitrogens with one attached hydrogen (secondary N) is 2. The van der Waals surface area contributed by atoms with Crippen LogP contribution in [0.3, 0.4) is 0 Å². The third-order valence-corrected chi connectivity index (χ3v) is 5.00. The van der Waals surface area contributed by atoms with E-state index in [1.54, 1.807) is 0 Å². The molecule has 0 aromatic heterocycles. The third-order valence-electron chi connectivity index (χ3n) is 5.00. The van der Waals surface area contributed by atoms with E-state index in [4.69, 9.17) is 0 Å². The summed E-state index contributed by atoms with van der Waals surface area (Å²) in [5.74, 6) is 0.0356. The number of carboxylic acid groups (broad SMARTS) is 1. The first kappa shape index (κ1) is 17.8. The van der Waals surface area contributed by atoms with Crippen LogP contribution in [-0.2, 0) is 4.79 Å². The molecule has 3 N–H and O–H groups in total. The van der Waals surface area contributed by atoms with Crippen molar-refractivity contribution in [2.24, 2.45) is 11.8 Å². The molecule has 0 heterocycles. The van der Waals surface area contributed by atoms with Crippen molar-refractivity contribution >= 4 is 12.0 Å². The van der Waals surface area contributed by atoms with Crippen molar-refractivity contribution in [2.45, 2.75) is 77.8 Å². The van der Waals surface area contributed by atoms with Crippen LogP contribution in [0, 0.1) is 11.8 Å². The maximum absolute atomic E-state index is 12.2. The van der Waals surface area contributed by atoms with E-state index in [1.165, 1.54) is 0 Å². The number of hydrogen-bond donors (Lipinski definition) is 3. The number of carbonyl (C=O) groups is 2. The van der Waals surface area contributed by atoms with Crippen LogP contribution in [0.4, 0.5) is 4.79 Å². The molecule has 2 amide bonds. The average Bonchev–Trinajstić information content (AvgIpc) is 2.42. The Morgan fingerprint density at radius 1 is 1.24 bits per heavy atom. The van der Waals surface area contributed by atoms with Gasteiger partial charge in [-0.2, -0.15) is 0 Å². The first-order valence-corrected chi connectivity index (χ1v) is 8.16. The van der Waals surface area contributed by atoms with Crippen LogP contribution in [0.5, 0.6) is 0 Å². The van der Waals surface area contributed by atoms with E-state index in [1.807, 2.05) is 6.92 Å². The summed E-state index contributed by atoms with van der Waals surface area (Å²) in [6.45, 7) is 8.31. The van der Waals surface area contributed by atoms with Crippen molar-refractivity contribution in [1.82, 2.24) is 10.6 Å². The fourth-order valence-corrected chi connectivity index (χ4v) is 3.22. The van der Waals surface area contributed by atoms with Gasteiger partial charge in [-0.1, -0.05) is 33.6 Å². The van der Waals surface area contributed by atoms with Crippen LogP contribution < -0.4 is 10.6 Å². The molecule has 5 heteroatoms. The van der Waals surface area contributed by atoms with Crippen LogP contribution in [0.15, 0.2) is 0 Å². The number of hydrogen-bond acceptors (Lipinski definition) is 2. The second kappa shape index (κ2) is 7.66. The van der Waals surface area contributed by atoms with Gasteiger partial charge in [-0.3, -0.25) is 0 Å². The monoisotopic (exact) mass is 298 g/mol. The van der Waals surface area contributed by atoms with Crippen molar-refractivity contribution in [1.29, 1.82) is 0 Å². The first-order valence-electron chi connectivity index (χ1n) is 8.16. The molecule has 1 aliphatic rings. The molecule has 21 heavy (non-hydrogen) atoms. The van der Waals surface area contributed by atoms with Gasteiger partial charge in [-0.05, 0) is 44.4 Å². The van der Waals surface area contributed by atoms with Crippen LogP contribution in [0.1, 0.15) is 66.2 Å². The molecule has 1 atom stereocenters. The van der Waals surface area contributed by atoms with E-state index >= 15 is 0 Å². The first-order chi connectivity index (χ1) is 9.84. The summed E-state index contributed by atoms with van der Waals surface area (Å²) in [5, 5.41) is 15.2. The Bertz CT molecular complexity index is 359. The lowest BCUT2D eigenvalue weighted by Gasteiger charge is -2.37. The Hall–Kier alpha value is -1.26. The van der Waals surface area contributed by atoms with Crippen LogP contribution >= 0.6 is 0 Å². The van der Waals surface area contributed by atoms with Gasteiger partial charge in [0.25, 0.3) is 0 Å². The predicted molar refractivity (Wildman–Crippen MR) is 83.2 cm³/mol. The summed E-state index contributed by atoms with van der Waals surface area (Å²) in [6, 6.07) is -0.306. The minimum Gasteiger partial charge on any atom is -0.480 e. The number of carbonyl (C=O) groups excluding carboxylic acids is 1. The standard InChI is InChI=1S/C16H30N2O3/c1-5-13(6-2)12(4)17-15(21)18-16(14(19)20)9-7-11(3)8-10-16/h11-13H,5-10H2,1-4H3,(H,19,20)(H2,17,18,21). The number of urea groups is 1. The zero-order valence-corrected chi connectivity index (χ0v) is 13.7. The molecule has 1 rings (SSSR count). The van der Waals surface area contributed by atoms with Crippen molar-refractivity contribution in [3.63, 3.8) is 0 Å². The third kappa shape index (κ3) is 4.61. The minimum absolute atomic E-state index is 0.0494. The summed E-state index contributed by atoms with van der Waals surface area (Å²) in [7, 11) is 0. The second-order valence-electron chi connectivity index (χ2n) is 6.53. The summed E-state index contributed by atoms with van der Waals surface area (Å²) < 4.78 is 0. The van der Waals surface area contributed by atoms with Crippen LogP contribution in [0.2, 0.25) is 0 Å². The zero-order valence-electron chi connectivity index (χ0n) is 13.7. The Kier molecular flexibility index (Phi) is 6.49. The molecular formula is C16H30N2O3. The summed E-state index contributed by atoms with van der Waals surface area (Å²) in [4.78, 5) is 23.8. The molecule has 0 aliphatic heterocycles. The van der Waals surface area contributed by atoms with Gasteiger partial charge in [-0.15, -0.1) is 0 Å². The lowest BCUT2D eigenvalue weighted by atomic mass is 9.77. The normalized spacial score (nSPS) is 27.2. The van der Waals surface area contributed by atoms with Crippen molar-refractivity contribution in [2.75, 3.05) is 0 Å². The highest BCUT2D eigenvalue weighted by molar-refractivity contribution is 5.86. The molecule has 0 spiro atoms. The van der Waals surface area contributed by atoms with E-state index in [9.17, 15) is 14.7 Å². The van der Waals surface area contributed by atoms with Crippen molar-refractivity contribution in [3.8, 4) is 0 Å². The number of amides is 2. The van der Waals surface area contributed by atoms with Gasteiger partial charge < -0.3 is 15.7 Å². The van der Waals surface area contributed by atoms with E-state index in [2.05, 4.69) is 31.4 Å². The van der Waals surface area contributed by atoms with Gasteiger partial charge in [0.1, 0.15) is 5.54 Å². The van der Waals surface area contributed by atoms with Crippen molar-refractivity contribution in [3.05, 3.63) is 0 Å². The van der Waals surface area contributed by atoms with Crippen LogP contribution in [0.25, 0.3) is 0 Å². The molecule has 1 fully saturated rings. The summed E-state index contributed by atoms with van der Waals surface area (Å²) >= 11 is 0. The minimum atomic E-state index is -1.09. The topological polar surface area (TPSA) is 78.4 Å². The Labute approximate surface area is 127 Å². The maximum Gasteiger partial charge on any atom is 0.329 e. The molecule has 0 aromatic rings. The van der Waals surface area contributed by atoms with Crippen molar-refractivity contribution < 1.29 is 14.7 Å². The van der Waals surface area contributed by atoms with Gasteiger partial charge in [0.05, 0.1) is 0 Å². The zero-order chi connectivity index (χ0) is 16.0. The lowest BCUT2D eigenvalue weighted by Crippen LogP contribution is -2.59. The quantitative estimate of drug-likeness (QED) is 0.705. The SMILES string of the molecule is CCC(CC)C(C)NC(=O)NC1(C(=O)O)CCC(C)CC1. The predicted octanol–water partition coefficient (Wildman–Crippen LogP) is 3.14. The highest BCUT2D eigenvalue weighted by Gasteiger charge is 2.42. The molecule has 0 bridgehead atoms. The van der Waals surface area contributed by atoms with Gasteiger partial charge in [0, 0.05) is 6.04 Å². The second-order valence-corrected chi connectivity index (χ2v) is 6.53. The van der Waals surface area contributed by atoms with E-state index < -0.39 is 11.5 Å². The van der Waals surface area contributed by atoms with E-state index in [-0.39, 0.29) is 12.1 Å². The molecule has 1 unspecified atom stereocenters. The number of rotatable bonds is 6. The fourth-order valence-electron chi connectivity index (χ4n) is 3.22. The molecule has 1 aliphatic carbocycles. The smallest absolute Gasteiger partial charge is 0.329 e. The fraction of sp³-hybridized carbons (Fsp3) is 0.875. The number of carboxylic acids is 1. The number of aliphatic carboxylic acids is 1. The largest absolute Gasteiger partial charge is 0.480 e. The van der Waals surface area contributed by atoms with E-state index in [0.717, 1.165) is 25.7 Å². The average molecular weight is 298 g/mol. The Morgan fingerprint density at radius 3 is 2.19 bits per heavy atom. The molecule has 5 nitrogen and oxygen atoms in total. The molecule has 122 valence electrons. The van der Waals surface area contributed by atoms with Gasteiger partial charge in [0.2, 0.25) is 0 Å². The van der Waals surface area contributed by atoms with Gasteiger partial charge in [-0.25, -0.2) is 9.59 Å². The highest BCUT2D eigenvalue weighted by Crippen LogP contribution is 2.32. The maximum atomic E-state index is 12.2. The van der Waals surface area contributed by atoms with Gasteiger partial charge in [0.15, 0.2) is 0 Å². The Balaban J connectivity index is 2.63. The molecule has 0 radical (unpaired) electrons.